The molecule has 2 unspecified atom stereocenters. The number of benzene rings is 1. The third-order valence-corrected chi connectivity index (χ3v) is 4.35. The number of hydrogen-bond acceptors (Lipinski definition) is 2. The molecule has 1 amide bonds. The van der Waals surface area contributed by atoms with Crippen LogP contribution in [0.2, 0.25) is 0 Å². The molecule has 4 heteroatoms. The summed E-state index contributed by atoms with van der Waals surface area (Å²) in [4.78, 5) is 14.7. The summed E-state index contributed by atoms with van der Waals surface area (Å²) in [6.45, 7) is 7.69. The Kier molecular flexibility index (Phi) is 6.03. The SMILES string of the molecule is Cc1cccc(C(=O)N2CCC(C)CC2CN)c1C.Cl. The number of nitrogens with two attached hydrogens (primary N) is 1. The topological polar surface area (TPSA) is 46.3 Å². The fourth-order valence-corrected chi connectivity index (χ4v) is 2.88. The van der Waals surface area contributed by atoms with Gasteiger partial charge in [-0.1, -0.05) is 19.1 Å². The van der Waals surface area contributed by atoms with Crippen molar-refractivity contribution in [3.05, 3.63) is 34.9 Å². The number of hydrogen-bond donors (Lipinski definition) is 1. The van der Waals surface area contributed by atoms with E-state index in [4.69, 9.17) is 5.73 Å². The van der Waals surface area contributed by atoms with Gasteiger partial charge in [-0.05, 0) is 49.8 Å². The molecule has 1 aliphatic heterocycles. The molecule has 2 N–H and O–H groups in total. The van der Waals surface area contributed by atoms with Gasteiger partial charge in [0.2, 0.25) is 0 Å². The molecule has 1 saturated heterocycles. The summed E-state index contributed by atoms with van der Waals surface area (Å²) >= 11 is 0. The number of carbonyl (C=O) groups excluding carboxylic acids is 1. The molecule has 3 nitrogen and oxygen atoms in total. The first-order chi connectivity index (χ1) is 9.04. The van der Waals surface area contributed by atoms with Crippen molar-refractivity contribution in [1.82, 2.24) is 4.90 Å². The van der Waals surface area contributed by atoms with Crippen molar-refractivity contribution in [2.75, 3.05) is 13.1 Å². The molecule has 1 fully saturated rings. The van der Waals surface area contributed by atoms with E-state index in [0.717, 1.165) is 30.5 Å². The summed E-state index contributed by atoms with van der Waals surface area (Å²) < 4.78 is 0. The molecule has 2 atom stereocenters. The average Bonchev–Trinajstić information content (AvgIpc) is 2.41. The number of halogens is 1. The normalized spacial score (nSPS) is 22.3. The first-order valence-electron chi connectivity index (χ1n) is 7.11. The molecular formula is C16H25ClN2O. The first-order valence-corrected chi connectivity index (χ1v) is 7.11. The fourth-order valence-electron chi connectivity index (χ4n) is 2.88. The lowest BCUT2D eigenvalue weighted by atomic mass is 9.91. The Balaban J connectivity index is 0.00000200. The monoisotopic (exact) mass is 296 g/mol. The highest BCUT2D eigenvalue weighted by Gasteiger charge is 2.30. The summed E-state index contributed by atoms with van der Waals surface area (Å²) in [6, 6.07) is 6.12. The molecule has 112 valence electrons. The zero-order chi connectivity index (χ0) is 14.0. The van der Waals surface area contributed by atoms with E-state index < -0.39 is 0 Å². The number of carbonyl (C=O) groups is 1. The van der Waals surface area contributed by atoms with E-state index in [9.17, 15) is 4.79 Å². The molecule has 1 heterocycles. The van der Waals surface area contributed by atoms with Crippen LogP contribution in [-0.4, -0.2) is 29.9 Å². The van der Waals surface area contributed by atoms with Gasteiger partial charge in [0.1, 0.15) is 0 Å². The molecule has 0 aromatic heterocycles. The lowest BCUT2D eigenvalue weighted by Crippen LogP contribution is -2.49. The van der Waals surface area contributed by atoms with Gasteiger partial charge in [0, 0.05) is 24.7 Å². The number of piperidine rings is 1. The lowest BCUT2D eigenvalue weighted by Gasteiger charge is -2.38. The maximum Gasteiger partial charge on any atom is 0.254 e. The summed E-state index contributed by atoms with van der Waals surface area (Å²) in [7, 11) is 0. The molecule has 1 aromatic rings. The van der Waals surface area contributed by atoms with Crippen molar-refractivity contribution in [3.63, 3.8) is 0 Å². The maximum atomic E-state index is 12.7. The van der Waals surface area contributed by atoms with E-state index in [1.165, 1.54) is 5.56 Å². The van der Waals surface area contributed by atoms with Crippen LogP contribution < -0.4 is 5.73 Å². The second-order valence-corrected chi connectivity index (χ2v) is 5.77. The molecule has 1 aliphatic rings. The van der Waals surface area contributed by atoms with Crippen LogP contribution in [-0.2, 0) is 0 Å². The van der Waals surface area contributed by atoms with Crippen molar-refractivity contribution in [3.8, 4) is 0 Å². The van der Waals surface area contributed by atoms with Crippen LogP contribution in [0, 0.1) is 19.8 Å². The Morgan fingerprint density at radius 3 is 2.75 bits per heavy atom. The average molecular weight is 297 g/mol. The van der Waals surface area contributed by atoms with Gasteiger partial charge in [0.15, 0.2) is 0 Å². The second kappa shape index (κ2) is 7.09. The minimum atomic E-state index is 0. The van der Waals surface area contributed by atoms with E-state index in [1.54, 1.807) is 0 Å². The first kappa shape index (κ1) is 17.0. The van der Waals surface area contributed by atoms with Crippen LogP contribution in [0.15, 0.2) is 18.2 Å². The predicted molar refractivity (Wildman–Crippen MR) is 85.4 cm³/mol. The Bertz CT molecular complexity index is 476. The van der Waals surface area contributed by atoms with Crippen LogP contribution in [0.5, 0.6) is 0 Å². The van der Waals surface area contributed by atoms with Crippen molar-refractivity contribution in [2.45, 2.75) is 39.7 Å². The number of amides is 1. The Labute approximate surface area is 127 Å². The largest absolute Gasteiger partial charge is 0.334 e. The summed E-state index contributed by atoms with van der Waals surface area (Å²) in [5.74, 6) is 0.805. The van der Waals surface area contributed by atoms with Crippen molar-refractivity contribution in [1.29, 1.82) is 0 Å². The highest BCUT2D eigenvalue weighted by molar-refractivity contribution is 5.96. The molecule has 0 aliphatic carbocycles. The Hall–Kier alpha value is -1.06. The van der Waals surface area contributed by atoms with Gasteiger partial charge in [0.05, 0.1) is 0 Å². The molecule has 20 heavy (non-hydrogen) atoms. The number of likely N-dealkylation sites (tertiary alicyclic amines) is 1. The summed E-state index contributed by atoms with van der Waals surface area (Å²) in [6.07, 6.45) is 2.10. The third kappa shape index (κ3) is 3.33. The van der Waals surface area contributed by atoms with E-state index in [2.05, 4.69) is 6.92 Å². The summed E-state index contributed by atoms with van der Waals surface area (Å²) in [5, 5.41) is 0. The number of aryl methyl sites for hydroxylation is 1. The molecule has 0 radical (unpaired) electrons. The van der Waals surface area contributed by atoms with E-state index in [0.29, 0.717) is 12.5 Å². The minimum Gasteiger partial charge on any atom is -0.334 e. The quantitative estimate of drug-likeness (QED) is 0.912. The van der Waals surface area contributed by atoms with E-state index in [-0.39, 0.29) is 24.4 Å². The number of rotatable bonds is 2. The molecule has 2 rings (SSSR count). The fraction of sp³-hybridized carbons (Fsp3) is 0.562. The van der Waals surface area contributed by atoms with Gasteiger partial charge in [-0.3, -0.25) is 4.79 Å². The van der Waals surface area contributed by atoms with Gasteiger partial charge in [-0.25, -0.2) is 0 Å². The second-order valence-electron chi connectivity index (χ2n) is 5.77. The van der Waals surface area contributed by atoms with Crippen molar-refractivity contribution in [2.24, 2.45) is 11.7 Å². The van der Waals surface area contributed by atoms with Gasteiger partial charge < -0.3 is 10.6 Å². The van der Waals surface area contributed by atoms with Crippen LogP contribution in [0.1, 0.15) is 41.3 Å². The Morgan fingerprint density at radius 2 is 2.10 bits per heavy atom. The van der Waals surface area contributed by atoms with Crippen LogP contribution >= 0.6 is 12.4 Å². The molecule has 0 saturated carbocycles. The zero-order valence-corrected chi connectivity index (χ0v) is 13.4. The molecule has 0 spiro atoms. The van der Waals surface area contributed by atoms with Gasteiger partial charge in [0.25, 0.3) is 5.91 Å². The highest BCUT2D eigenvalue weighted by atomic mass is 35.5. The lowest BCUT2D eigenvalue weighted by molar-refractivity contribution is 0.0573. The molecule has 0 bridgehead atoms. The predicted octanol–water partition coefficient (Wildman–Crippen LogP) is 2.92. The van der Waals surface area contributed by atoms with Crippen LogP contribution in [0.4, 0.5) is 0 Å². The third-order valence-electron chi connectivity index (χ3n) is 4.35. The van der Waals surface area contributed by atoms with Gasteiger partial charge in [-0.15, -0.1) is 12.4 Å². The van der Waals surface area contributed by atoms with E-state index in [1.807, 2.05) is 36.9 Å². The number of nitrogens with zero attached hydrogens (tertiary/aromatic N) is 1. The molecular weight excluding hydrogens is 272 g/mol. The summed E-state index contributed by atoms with van der Waals surface area (Å²) in [5.41, 5.74) is 8.92. The highest BCUT2D eigenvalue weighted by Crippen LogP contribution is 2.25. The zero-order valence-electron chi connectivity index (χ0n) is 12.6. The van der Waals surface area contributed by atoms with E-state index >= 15 is 0 Å². The molecule has 1 aromatic carbocycles. The van der Waals surface area contributed by atoms with Crippen LogP contribution in [0.3, 0.4) is 0 Å². The van der Waals surface area contributed by atoms with Crippen molar-refractivity contribution < 1.29 is 4.79 Å². The van der Waals surface area contributed by atoms with Gasteiger partial charge in [-0.2, -0.15) is 0 Å². The Morgan fingerprint density at radius 1 is 1.40 bits per heavy atom. The van der Waals surface area contributed by atoms with Crippen LogP contribution in [0.25, 0.3) is 0 Å². The smallest absolute Gasteiger partial charge is 0.254 e. The standard InChI is InChI=1S/C16H24N2O.ClH/c1-11-7-8-18(14(9-11)10-17)16(19)15-6-4-5-12(2)13(15)3;/h4-6,11,14H,7-10,17H2,1-3H3;1H. The van der Waals surface area contributed by atoms with Gasteiger partial charge >= 0.3 is 0 Å². The maximum absolute atomic E-state index is 12.7. The minimum absolute atomic E-state index is 0. The van der Waals surface area contributed by atoms with Crippen molar-refractivity contribution >= 4 is 18.3 Å².